The Balaban J connectivity index is 2.24. The molecule has 2 rings (SSSR count). The number of hydrogen-bond donors (Lipinski definition) is 2. The second-order valence-electron chi connectivity index (χ2n) is 4.80. The lowest BCUT2D eigenvalue weighted by atomic mass is 10.1. The highest BCUT2D eigenvalue weighted by atomic mass is 32.2. The summed E-state index contributed by atoms with van der Waals surface area (Å²) >= 11 is 1.53. The van der Waals surface area contributed by atoms with E-state index in [4.69, 9.17) is 0 Å². The van der Waals surface area contributed by atoms with E-state index in [1.165, 1.54) is 11.8 Å². The molecule has 1 fully saturated rings. The maximum absolute atomic E-state index is 10.0. The normalized spacial score (nSPS) is 23.4. The third kappa shape index (κ3) is 3.05. The molecule has 0 aromatic carbocycles. The molecular formula is C12H20N4OS. The van der Waals surface area contributed by atoms with Crippen LogP contribution in [0.5, 0.6) is 0 Å². The summed E-state index contributed by atoms with van der Waals surface area (Å²) in [6, 6.07) is 1.95. The Labute approximate surface area is 112 Å². The number of hydrogen-bond acceptors (Lipinski definition) is 6. The predicted octanol–water partition coefficient (Wildman–Crippen LogP) is 1.59. The molecule has 0 spiro atoms. The lowest BCUT2D eigenvalue weighted by molar-refractivity contribution is 0.0839. The fourth-order valence-electron chi connectivity index (χ4n) is 2.08. The molecule has 0 bridgehead atoms. The van der Waals surface area contributed by atoms with Crippen LogP contribution in [0, 0.1) is 0 Å². The number of anilines is 2. The van der Waals surface area contributed by atoms with Crippen LogP contribution in [-0.2, 0) is 0 Å². The molecule has 0 amide bonds. The number of rotatable bonds is 4. The van der Waals surface area contributed by atoms with Crippen molar-refractivity contribution in [1.29, 1.82) is 0 Å². The molecule has 5 nitrogen and oxygen atoms in total. The SMILES string of the molecule is CCNc1cc(N2CCC(C)(O)C2)nc(SC)n1. The molecule has 1 aromatic rings. The van der Waals surface area contributed by atoms with Crippen LogP contribution in [0.1, 0.15) is 20.3 Å². The molecule has 0 aliphatic carbocycles. The van der Waals surface area contributed by atoms with Crippen LogP contribution in [0.3, 0.4) is 0 Å². The highest BCUT2D eigenvalue weighted by Gasteiger charge is 2.32. The summed E-state index contributed by atoms with van der Waals surface area (Å²) in [4.78, 5) is 11.0. The van der Waals surface area contributed by atoms with Crippen molar-refractivity contribution in [3.63, 3.8) is 0 Å². The molecule has 0 saturated carbocycles. The first-order chi connectivity index (χ1) is 8.54. The number of β-amino-alcohol motifs (C(OH)–C–C–N with tert-alkyl or cyclic N) is 1. The summed E-state index contributed by atoms with van der Waals surface area (Å²) < 4.78 is 0. The van der Waals surface area contributed by atoms with Gasteiger partial charge >= 0.3 is 0 Å². The van der Waals surface area contributed by atoms with Crippen molar-refractivity contribution in [1.82, 2.24) is 9.97 Å². The van der Waals surface area contributed by atoms with E-state index < -0.39 is 5.60 Å². The predicted molar refractivity (Wildman–Crippen MR) is 75.4 cm³/mol. The van der Waals surface area contributed by atoms with Crippen LogP contribution in [-0.4, -0.2) is 46.6 Å². The Hall–Kier alpha value is -1.01. The minimum absolute atomic E-state index is 0.608. The van der Waals surface area contributed by atoms with Crippen molar-refractivity contribution < 1.29 is 5.11 Å². The van der Waals surface area contributed by atoms with Crippen LogP contribution < -0.4 is 10.2 Å². The second-order valence-corrected chi connectivity index (χ2v) is 5.57. The minimum Gasteiger partial charge on any atom is -0.388 e. The molecule has 100 valence electrons. The van der Waals surface area contributed by atoms with Crippen molar-refractivity contribution in [3.8, 4) is 0 Å². The molecule has 1 atom stereocenters. The van der Waals surface area contributed by atoms with E-state index in [-0.39, 0.29) is 0 Å². The molecule has 2 heterocycles. The Kier molecular flexibility index (Phi) is 3.97. The van der Waals surface area contributed by atoms with E-state index in [1.807, 2.05) is 26.2 Å². The van der Waals surface area contributed by atoms with Crippen LogP contribution in [0.2, 0.25) is 0 Å². The van der Waals surface area contributed by atoms with Gasteiger partial charge in [-0.05, 0) is 26.5 Å². The summed E-state index contributed by atoms with van der Waals surface area (Å²) in [6.45, 7) is 6.21. The van der Waals surface area contributed by atoms with Crippen molar-refractivity contribution in [2.24, 2.45) is 0 Å². The van der Waals surface area contributed by atoms with Gasteiger partial charge in [-0.1, -0.05) is 11.8 Å². The highest BCUT2D eigenvalue weighted by molar-refractivity contribution is 7.98. The average molecular weight is 268 g/mol. The van der Waals surface area contributed by atoms with Gasteiger partial charge in [-0.2, -0.15) is 0 Å². The summed E-state index contributed by atoms with van der Waals surface area (Å²) in [5, 5.41) is 14.0. The van der Waals surface area contributed by atoms with E-state index >= 15 is 0 Å². The van der Waals surface area contributed by atoms with E-state index in [0.29, 0.717) is 6.54 Å². The van der Waals surface area contributed by atoms with Gasteiger partial charge in [-0.15, -0.1) is 0 Å². The van der Waals surface area contributed by atoms with Gasteiger partial charge in [0.25, 0.3) is 0 Å². The average Bonchev–Trinajstić information content (AvgIpc) is 2.70. The first-order valence-corrected chi connectivity index (χ1v) is 7.41. The molecule has 18 heavy (non-hydrogen) atoms. The van der Waals surface area contributed by atoms with Gasteiger partial charge in [0.1, 0.15) is 11.6 Å². The maximum atomic E-state index is 10.0. The lowest BCUT2D eigenvalue weighted by Gasteiger charge is -2.20. The first-order valence-electron chi connectivity index (χ1n) is 6.18. The highest BCUT2D eigenvalue weighted by Crippen LogP contribution is 2.27. The number of nitrogens with zero attached hydrogens (tertiary/aromatic N) is 3. The number of aliphatic hydroxyl groups is 1. The summed E-state index contributed by atoms with van der Waals surface area (Å²) in [6.07, 6.45) is 2.75. The maximum Gasteiger partial charge on any atom is 0.191 e. The van der Waals surface area contributed by atoms with Crippen molar-refractivity contribution >= 4 is 23.4 Å². The molecule has 1 saturated heterocycles. The monoisotopic (exact) mass is 268 g/mol. The first kappa shape index (κ1) is 13.4. The fourth-order valence-corrected chi connectivity index (χ4v) is 2.45. The third-order valence-corrected chi connectivity index (χ3v) is 3.56. The van der Waals surface area contributed by atoms with Crippen LogP contribution in [0.15, 0.2) is 11.2 Å². The Morgan fingerprint density at radius 3 is 2.89 bits per heavy atom. The van der Waals surface area contributed by atoms with Crippen LogP contribution >= 0.6 is 11.8 Å². The molecule has 1 aliphatic heterocycles. The molecule has 1 unspecified atom stereocenters. The second kappa shape index (κ2) is 5.32. The third-order valence-electron chi connectivity index (χ3n) is 3.01. The minimum atomic E-state index is -0.608. The van der Waals surface area contributed by atoms with Crippen molar-refractivity contribution in [3.05, 3.63) is 6.07 Å². The van der Waals surface area contributed by atoms with Crippen LogP contribution in [0.4, 0.5) is 11.6 Å². The zero-order valence-corrected chi connectivity index (χ0v) is 11.9. The van der Waals surface area contributed by atoms with Crippen LogP contribution in [0.25, 0.3) is 0 Å². The summed E-state index contributed by atoms with van der Waals surface area (Å²) in [7, 11) is 0. The van der Waals surface area contributed by atoms with Gasteiger partial charge in [0, 0.05) is 25.7 Å². The zero-order chi connectivity index (χ0) is 13.2. The van der Waals surface area contributed by atoms with Gasteiger partial charge in [-0.3, -0.25) is 0 Å². The zero-order valence-electron chi connectivity index (χ0n) is 11.1. The van der Waals surface area contributed by atoms with Crippen molar-refractivity contribution in [2.75, 3.05) is 36.1 Å². The van der Waals surface area contributed by atoms with E-state index in [0.717, 1.165) is 36.3 Å². The van der Waals surface area contributed by atoms with Gasteiger partial charge in [0.05, 0.1) is 5.60 Å². The lowest BCUT2D eigenvalue weighted by Crippen LogP contribution is -2.30. The smallest absolute Gasteiger partial charge is 0.191 e. The van der Waals surface area contributed by atoms with Gasteiger partial charge in [0.15, 0.2) is 5.16 Å². The molecular weight excluding hydrogens is 248 g/mol. The summed E-state index contributed by atoms with van der Waals surface area (Å²) in [5.41, 5.74) is -0.608. The fraction of sp³-hybridized carbons (Fsp3) is 0.667. The molecule has 0 radical (unpaired) electrons. The Morgan fingerprint density at radius 2 is 2.33 bits per heavy atom. The summed E-state index contributed by atoms with van der Waals surface area (Å²) in [5.74, 6) is 1.74. The molecule has 1 aliphatic rings. The number of thioether (sulfide) groups is 1. The number of aromatic nitrogens is 2. The standard InChI is InChI=1S/C12H20N4OS/c1-4-13-9-7-10(15-11(14-9)18-3)16-6-5-12(2,17)8-16/h7,17H,4-6,8H2,1-3H3,(H,13,14,15). The van der Waals surface area contributed by atoms with Crippen molar-refractivity contribution in [2.45, 2.75) is 31.0 Å². The van der Waals surface area contributed by atoms with E-state index in [2.05, 4.69) is 20.2 Å². The molecule has 6 heteroatoms. The molecule has 1 aromatic heterocycles. The van der Waals surface area contributed by atoms with Gasteiger partial charge < -0.3 is 15.3 Å². The van der Waals surface area contributed by atoms with E-state index in [9.17, 15) is 5.11 Å². The van der Waals surface area contributed by atoms with E-state index in [1.54, 1.807) is 0 Å². The van der Waals surface area contributed by atoms with Gasteiger partial charge in [0.2, 0.25) is 0 Å². The molecule has 2 N–H and O–H groups in total. The topological polar surface area (TPSA) is 61.3 Å². The number of nitrogens with one attached hydrogen (secondary N) is 1. The van der Waals surface area contributed by atoms with Gasteiger partial charge in [-0.25, -0.2) is 9.97 Å². The Morgan fingerprint density at radius 1 is 1.56 bits per heavy atom. The quantitative estimate of drug-likeness (QED) is 0.639. The Bertz CT molecular complexity index is 425. The largest absolute Gasteiger partial charge is 0.388 e.